The predicted molar refractivity (Wildman–Crippen MR) is 98.7 cm³/mol. The van der Waals surface area contributed by atoms with E-state index in [1.165, 1.54) is 12.1 Å². The summed E-state index contributed by atoms with van der Waals surface area (Å²) < 4.78 is 18.9. The van der Waals surface area contributed by atoms with Crippen molar-refractivity contribution in [3.05, 3.63) is 66.0 Å². The van der Waals surface area contributed by atoms with Gasteiger partial charge >= 0.3 is 0 Å². The van der Waals surface area contributed by atoms with Gasteiger partial charge in [0.05, 0.1) is 12.6 Å². The van der Waals surface area contributed by atoms with Crippen molar-refractivity contribution in [3.8, 4) is 5.75 Å². The molecule has 2 aromatic carbocycles. The van der Waals surface area contributed by atoms with Crippen LogP contribution in [0.3, 0.4) is 0 Å². The van der Waals surface area contributed by atoms with Crippen LogP contribution < -0.4 is 15.4 Å². The van der Waals surface area contributed by atoms with E-state index in [0.717, 1.165) is 5.56 Å². The number of rotatable bonds is 6. The first kappa shape index (κ1) is 18.8. The van der Waals surface area contributed by atoms with E-state index >= 15 is 0 Å². The number of nitrogens with zero attached hydrogens (tertiary/aromatic N) is 1. The van der Waals surface area contributed by atoms with Crippen molar-refractivity contribution in [2.75, 3.05) is 32.8 Å². The molecule has 1 unspecified atom stereocenters. The zero-order valence-corrected chi connectivity index (χ0v) is 14.9. The lowest BCUT2D eigenvalue weighted by Gasteiger charge is -2.36. The second-order valence-electron chi connectivity index (χ2n) is 6.24. The monoisotopic (exact) mass is 371 g/mol. The molecule has 1 aliphatic heterocycles. The van der Waals surface area contributed by atoms with Crippen LogP contribution in [0.2, 0.25) is 0 Å². The van der Waals surface area contributed by atoms with Gasteiger partial charge in [-0.15, -0.1) is 0 Å². The lowest BCUT2D eigenvalue weighted by atomic mass is 10.0. The Morgan fingerprint density at radius 3 is 2.78 bits per heavy atom. The SMILES string of the molecule is O=C(COc1ccccc1)NCC(=O)N1CCNCC1c1cccc(F)c1. The number of benzene rings is 2. The van der Waals surface area contributed by atoms with Gasteiger partial charge in [0.1, 0.15) is 11.6 Å². The Balaban J connectivity index is 1.53. The van der Waals surface area contributed by atoms with E-state index in [1.807, 2.05) is 18.2 Å². The Labute approximate surface area is 157 Å². The van der Waals surface area contributed by atoms with Gasteiger partial charge in [0.2, 0.25) is 5.91 Å². The largest absolute Gasteiger partial charge is 0.484 e. The van der Waals surface area contributed by atoms with E-state index < -0.39 is 0 Å². The fourth-order valence-electron chi connectivity index (χ4n) is 3.01. The van der Waals surface area contributed by atoms with E-state index in [1.54, 1.807) is 29.2 Å². The Morgan fingerprint density at radius 1 is 1.19 bits per heavy atom. The fraction of sp³-hybridized carbons (Fsp3) is 0.300. The van der Waals surface area contributed by atoms with Gasteiger partial charge in [-0.25, -0.2) is 4.39 Å². The number of amides is 2. The number of halogens is 1. The van der Waals surface area contributed by atoms with Crippen LogP contribution >= 0.6 is 0 Å². The summed E-state index contributed by atoms with van der Waals surface area (Å²) in [6.45, 7) is 1.41. The number of carbonyl (C=O) groups excluding carboxylic acids is 2. The van der Waals surface area contributed by atoms with Gasteiger partial charge in [-0.05, 0) is 29.8 Å². The van der Waals surface area contributed by atoms with Crippen molar-refractivity contribution in [1.82, 2.24) is 15.5 Å². The molecule has 1 saturated heterocycles. The van der Waals surface area contributed by atoms with Gasteiger partial charge in [-0.2, -0.15) is 0 Å². The molecule has 0 bridgehead atoms. The van der Waals surface area contributed by atoms with Crippen molar-refractivity contribution in [3.63, 3.8) is 0 Å². The van der Waals surface area contributed by atoms with Crippen LogP contribution in [0.5, 0.6) is 5.75 Å². The minimum absolute atomic E-state index is 0.122. The van der Waals surface area contributed by atoms with Crippen LogP contribution in [0.25, 0.3) is 0 Å². The summed E-state index contributed by atoms with van der Waals surface area (Å²) in [5.74, 6) is -0.326. The van der Waals surface area contributed by atoms with Crippen molar-refractivity contribution < 1.29 is 18.7 Å². The van der Waals surface area contributed by atoms with Gasteiger partial charge in [0.15, 0.2) is 6.61 Å². The van der Waals surface area contributed by atoms with E-state index in [2.05, 4.69) is 10.6 Å². The van der Waals surface area contributed by atoms with Crippen molar-refractivity contribution in [1.29, 1.82) is 0 Å². The highest BCUT2D eigenvalue weighted by molar-refractivity contribution is 5.85. The van der Waals surface area contributed by atoms with Gasteiger partial charge in [0.25, 0.3) is 5.91 Å². The molecule has 0 aromatic heterocycles. The highest BCUT2D eigenvalue weighted by Gasteiger charge is 2.28. The molecule has 2 amide bonds. The standard InChI is InChI=1S/C20H22FN3O3/c21-16-6-4-5-15(11-16)18-12-22-9-10-24(18)20(26)13-23-19(25)14-27-17-7-2-1-3-8-17/h1-8,11,18,22H,9-10,12-14H2,(H,23,25). The number of ether oxygens (including phenoxy) is 1. The van der Waals surface area contributed by atoms with Crippen LogP contribution in [-0.4, -0.2) is 49.5 Å². The number of hydrogen-bond donors (Lipinski definition) is 2. The molecule has 7 heteroatoms. The Kier molecular flexibility index (Phi) is 6.38. The number of para-hydroxylation sites is 1. The number of nitrogens with one attached hydrogen (secondary N) is 2. The minimum Gasteiger partial charge on any atom is -0.484 e. The number of carbonyl (C=O) groups is 2. The lowest BCUT2D eigenvalue weighted by Crippen LogP contribution is -2.51. The average molecular weight is 371 g/mol. The number of hydrogen-bond acceptors (Lipinski definition) is 4. The third-order valence-corrected chi connectivity index (χ3v) is 4.35. The topological polar surface area (TPSA) is 70.7 Å². The molecule has 1 aliphatic rings. The molecule has 0 saturated carbocycles. The third kappa shape index (κ3) is 5.27. The molecule has 6 nitrogen and oxygen atoms in total. The van der Waals surface area contributed by atoms with Crippen molar-refractivity contribution in [2.24, 2.45) is 0 Å². The smallest absolute Gasteiger partial charge is 0.258 e. The summed E-state index contributed by atoms with van der Waals surface area (Å²) in [6, 6.07) is 15.0. The highest BCUT2D eigenvalue weighted by atomic mass is 19.1. The van der Waals surface area contributed by atoms with E-state index in [4.69, 9.17) is 4.74 Å². The first-order valence-corrected chi connectivity index (χ1v) is 8.83. The maximum Gasteiger partial charge on any atom is 0.258 e. The molecule has 1 atom stereocenters. The van der Waals surface area contributed by atoms with Crippen molar-refractivity contribution >= 4 is 11.8 Å². The Morgan fingerprint density at radius 2 is 2.00 bits per heavy atom. The van der Waals surface area contributed by atoms with Crippen LogP contribution in [0.1, 0.15) is 11.6 Å². The molecule has 2 aromatic rings. The van der Waals surface area contributed by atoms with Crippen LogP contribution in [0, 0.1) is 5.82 Å². The molecule has 1 fully saturated rings. The van der Waals surface area contributed by atoms with Gasteiger partial charge in [-0.1, -0.05) is 30.3 Å². The number of piperazine rings is 1. The fourth-order valence-corrected chi connectivity index (χ4v) is 3.01. The zero-order chi connectivity index (χ0) is 19.1. The maximum atomic E-state index is 13.5. The molecule has 3 rings (SSSR count). The van der Waals surface area contributed by atoms with Crippen LogP contribution in [0.15, 0.2) is 54.6 Å². The second-order valence-corrected chi connectivity index (χ2v) is 6.24. The third-order valence-electron chi connectivity index (χ3n) is 4.35. The summed E-state index contributed by atoms with van der Waals surface area (Å²) in [6.07, 6.45) is 0. The minimum atomic E-state index is -0.371. The first-order chi connectivity index (χ1) is 13.1. The molecule has 0 aliphatic carbocycles. The van der Waals surface area contributed by atoms with Crippen LogP contribution in [0.4, 0.5) is 4.39 Å². The highest BCUT2D eigenvalue weighted by Crippen LogP contribution is 2.22. The van der Waals surface area contributed by atoms with Crippen LogP contribution in [-0.2, 0) is 9.59 Å². The first-order valence-electron chi connectivity index (χ1n) is 8.83. The predicted octanol–water partition coefficient (Wildman–Crippen LogP) is 1.49. The second kappa shape index (κ2) is 9.14. The normalized spacial score (nSPS) is 16.6. The average Bonchev–Trinajstić information content (AvgIpc) is 2.71. The molecule has 142 valence electrons. The molecule has 1 heterocycles. The summed E-state index contributed by atoms with van der Waals surface area (Å²) in [7, 11) is 0. The molecule has 27 heavy (non-hydrogen) atoms. The quantitative estimate of drug-likeness (QED) is 0.807. The van der Waals surface area contributed by atoms with Gasteiger partial charge in [-0.3, -0.25) is 9.59 Å². The summed E-state index contributed by atoms with van der Waals surface area (Å²) >= 11 is 0. The maximum absolute atomic E-state index is 13.5. The lowest BCUT2D eigenvalue weighted by molar-refractivity contribution is -0.136. The molecular formula is C20H22FN3O3. The molecular weight excluding hydrogens is 349 g/mol. The van der Waals surface area contributed by atoms with E-state index in [9.17, 15) is 14.0 Å². The molecule has 0 radical (unpaired) electrons. The van der Waals surface area contributed by atoms with Gasteiger partial charge in [0, 0.05) is 19.6 Å². The summed E-state index contributed by atoms with van der Waals surface area (Å²) in [5, 5.41) is 5.80. The zero-order valence-electron chi connectivity index (χ0n) is 14.9. The van der Waals surface area contributed by atoms with E-state index in [0.29, 0.717) is 25.4 Å². The van der Waals surface area contributed by atoms with Gasteiger partial charge < -0.3 is 20.3 Å². The van der Waals surface area contributed by atoms with Crippen molar-refractivity contribution in [2.45, 2.75) is 6.04 Å². The molecule has 2 N–H and O–H groups in total. The molecule has 0 spiro atoms. The Hall–Kier alpha value is -2.93. The Bertz CT molecular complexity index is 785. The summed E-state index contributed by atoms with van der Waals surface area (Å²) in [4.78, 5) is 26.2. The summed E-state index contributed by atoms with van der Waals surface area (Å²) in [5.41, 5.74) is 0.731. The van der Waals surface area contributed by atoms with E-state index in [-0.39, 0.29) is 36.8 Å².